The highest BCUT2D eigenvalue weighted by Gasteiger charge is 2.22. The molecule has 0 atom stereocenters. The molecule has 35 heavy (non-hydrogen) atoms. The van der Waals surface area contributed by atoms with Crippen molar-refractivity contribution in [3.05, 3.63) is 72.1 Å². The SMILES string of the molecule is CNC(=O)c1c(F)cnc2c(CCNc3cc(-c4ccc(OCC5CC5)nc4)ncn3)cccc12. The number of benzene rings is 1. The van der Waals surface area contributed by atoms with Crippen LogP contribution in [0.25, 0.3) is 22.2 Å². The van der Waals surface area contributed by atoms with Crippen molar-refractivity contribution in [2.24, 2.45) is 5.92 Å². The molecule has 1 fully saturated rings. The largest absolute Gasteiger partial charge is 0.477 e. The van der Waals surface area contributed by atoms with E-state index < -0.39 is 11.7 Å². The fourth-order valence-electron chi connectivity index (χ4n) is 3.86. The van der Waals surface area contributed by atoms with Gasteiger partial charge in [-0.05, 0) is 36.8 Å². The van der Waals surface area contributed by atoms with Crippen molar-refractivity contribution >= 4 is 22.6 Å². The number of pyridine rings is 2. The van der Waals surface area contributed by atoms with Crippen molar-refractivity contribution in [2.45, 2.75) is 19.3 Å². The van der Waals surface area contributed by atoms with Crippen molar-refractivity contribution in [3.8, 4) is 17.1 Å². The molecule has 9 heteroatoms. The number of fused-ring (bicyclic) bond motifs is 1. The van der Waals surface area contributed by atoms with Crippen LogP contribution in [0.15, 0.2) is 55.1 Å². The van der Waals surface area contributed by atoms with Gasteiger partial charge in [0.05, 0.1) is 29.6 Å². The predicted molar refractivity (Wildman–Crippen MR) is 131 cm³/mol. The molecule has 5 rings (SSSR count). The van der Waals surface area contributed by atoms with Crippen molar-refractivity contribution < 1.29 is 13.9 Å². The van der Waals surface area contributed by atoms with Gasteiger partial charge in [0.1, 0.15) is 12.1 Å². The molecular weight excluding hydrogens is 447 g/mol. The molecule has 8 nitrogen and oxygen atoms in total. The average molecular weight is 473 g/mol. The maximum Gasteiger partial charge on any atom is 0.254 e. The Morgan fingerprint density at radius 1 is 1.11 bits per heavy atom. The van der Waals surface area contributed by atoms with E-state index in [9.17, 15) is 9.18 Å². The summed E-state index contributed by atoms with van der Waals surface area (Å²) in [4.78, 5) is 29.5. The number of amides is 1. The summed E-state index contributed by atoms with van der Waals surface area (Å²) in [5, 5.41) is 6.28. The highest BCUT2D eigenvalue weighted by Crippen LogP contribution is 2.29. The third kappa shape index (κ3) is 5.18. The number of rotatable bonds is 9. The third-order valence-electron chi connectivity index (χ3n) is 5.95. The number of aromatic nitrogens is 4. The van der Waals surface area contributed by atoms with Gasteiger partial charge in [-0.25, -0.2) is 19.3 Å². The van der Waals surface area contributed by atoms with Crippen LogP contribution in [0.5, 0.6) is 5.88 Å². The highest BCUT2D eigenvalue weighted by molar-refractivity contribution is 6.06. The molecule has 0 radical (unpaired) electrons. The Hall–Kier alpha value is -4.14. The summed E-state index contributed by atoms with van der Waals surface area (Å²) in [6.07, 6.45) is 7.43. The molecule has 2 N–H and O–H groups in total. The van der Waals surface area contributed by atoms with E-state index in [4.69, 9.17) is 4.74 Å². The third-order valence-corrected chi connectivity index (χ3v) is 5.95. The fourth-order valence-corrected chi connectivity index (χ4v) is 3.86. The summed E-state index contributed by atoms with van der Waals surface area (Å²) >= 11 is 0. The first kappa shape index (κ1) is 22.6. The minimum atomic E-state index is -0.641. The van der Waals surface area contributed by atoms with Gasteiger partial charge in [-0.1, -0.05) is 18.2 Å². The van der Waals surface area contributed by atoms with Gasteiger partial charge >= 0.3 is 0 Å². The minimum absolute atomic E-state index is 0.00492. The van der Waals surface area contributed by atoms with Gasteiger partial charge in [0.25, 0.3) is 5.91 Å². The Morgan fingerprint density at radius 2 is 2.00 bits per heavy atom. The molecule has 3 aromatic heterocycles. The Labute approximate surface area is 202 Å². The van der Waals surface area contributed by atoms with Crippen LogP contribution in [0, 0.1) is 11.7 Å². The fraction of sp³-hybridized carbons (Fsp3) is 0.269. The van der Waals surface area contributed by atoms with Crippen molar-refractivity contribution in [1.29, 1.82) is 0 Å². The number of carbonyl (C=O) groups is 1. The lowest BCUT2D eigenvalue weighted by Gasteiger charge is -2.11. The quantitative estimate of drug-likeness (QED) is 0.379. The van der Waals surface area contributed by atoms with Gasteiger partial charge < -0.3 is 15.4 Å². The van der Waals surface area contributed by atoms with Crippen LogP contribution < -0.4 is 15.4 Å². The molecule has 1 aromatic carbocycles. The molecular formula is C26H25FN6O2. The second kappa shape index (κ2) is 10.0. The smallest absolute Gasteiger partial charge is 0.254 e. The molecule has 1 saturated carbocycles. The molecule has 1 aliphatic carbocycles. The Bertz CT molecular complexity index is 1360. The summed E-state index contributed by atoms with van der Waals surface area (Å²) < 4.78 is 20.0. The van der Waals surface area contributed by atoms with E-state index in [-0.39, 0.29) is 5.56 Å². The van der Waals surface area contributed by atoms with Gasteiger partial charge in [-0.15, -0.1) is 0 Å². The summed E-state index contributed by atoms with van der Waals surface area (Å²) in [6.45, 7) is 1.29. The molecule has 0 spiro atoms. The van der Waals surface area contributed by atoms with Crippen LogP contribution in [0.2, 0.25) is 0 Å². The second-order valence-electron chi connectivity index (χ2n) is 8.48. The molecule has 4 aromatic rings. The predicted octanol–water partition coefficient (Wildman–Crippen LogP) is 4.03. The number of carbonyl (C=O) groups excluding carboxylic acids is 1. The van der Waals surface area contributed by atoms with E-state index >= 15 is 0 Å². The van der Waals surface area contributed by atoms with Gasteiger partial charge in [-0.2, -0.15) is 0 Å². The van der Waals surface area contributed by atoms with E-state index in [0.717, 1.165) is 29.6 Å². The first-order valence-corrected chi connectivity index (χ1v) is 11.6. The first-order valence-electron chi connectivity index (χ1n) is 11.6. The molecule has 178 valence electrons. The number of hydrogen-bond acceptors (Lipinski definition) is 7. The van der Waals surface area contributed by atoms with Crippen molar-refractivity contribution in [1.82, 2.24) is 25.3 Å². The van der Waals surface area contributed by atoms with E-state index in [0.29, 0.717) is 41.5 Å². The van der Waals surface area contributed by atoms with Crippen LogP contribution in [0.1, 0.15) is 28.8 Å². The lowest BCUT2D eigenvalue weighted by Crippen LogP contribution is -2.20. The summed E-state index contributed by atoms with van der Waals surface area (Å²) in [7, 11) is 1.48. The molecule has 0 unspecified atom stereocenters. The van der Waals surface area contributed by atoms with Crippen LogP contribution in [-0.4, -0.2) is 46.0 Å². The average Bonchev–Trinajstić information content (AvgIpc) is 3.72. The van der Waals surface area contributed by atoms with Crippen molar-refractivity contribution in [3.63, 3.8) is 0 Å². The van der Waals surface area contributed by atoms with E-state index in [1.807, 2.05) is 24.3 Å². The summed E-state index contributed by atoms with van der Waals surface area (Å²) in [5.74, 6) is 0.856. The topological polar surface area (TPSA) is 102 Å². The molecule has 0 saturated heterocycles. The second-order valence-corrected chi connectivity index (χ2v) is 8.48. The lowest BCUT2D eigenvalue weighted by atomic mass is 10.0. The van der Waals surface area contributed by atoms with Crippen molar-refractivity contribution in [2.75, 3.05) is 25.5 Å². The van der Waals surface area contributed by atoms with Gasteiger partial charge in [-0.3, -0.25) is 9.78 Å². The van der Waals surface area contributed by atoms with Crippen LogP contribution in [0.4, 0.5) is 10.2 Å². The number of nitrogens with one attached hydrogen (secondary N) is 2. The molecule has 3 heterocycles. The van der Waals surface area contributed by atoms with E-state index in [2.05, 4.69) is 30.6 Å². The molecule has 1 aliphatic rings. The maximum absolute atomic E-state index is 14.3. The van der Waals surface area contributed by atoms with E-state index in [1.54, 1.807) is 18.3 Å². The Balaban J connectivity index is 1.26. The number of halogens is 1. The zero-order valence-corrected chi connectivity index (χ0v) is 19.3. The van der Waals surface area contributed by atoms with E-state index in [1.165, 1.54) is 26.2 Å². The van der Waals surface area contributed by atoms with Gasteiger partial charge in [0.15, 0.2) is 5.82 Å². The number of anilines is 1. The van der Waals surface area contributed by atoms with Crippen LogP contribution in [0.3, 0.4) is 0 Å². The number of hydrogen-bond donors (Lipinski definition) is 2. The molecule has 0 bridgehead atoms. The molecule has 1 amide bonds. The number of nitrogens with zero attached hydrogens (tertiary/aromatic N) is 4. The molecule has 0 aliphatic heterocycles. The normalized spacial score (nSPS) is 13.0. The maximum atomic E-state index is 14.3. The van der Waals surface area contributed by atoms with Crippen LogP contribution in [-0.2, 0) is 6.42 Å². The highest BCUT2D eigenvalue weighted by atomic mass is 19.1. The van der Waals surface area contributed by atoms with Crippen LogP contribution >= 0.6 is 0 Å². The number of ether oxygens (including phenoxy) is 1. The first-order chi connectivity index (χ1) is 17.1. The van der Waals surface area contributed by atoms with Gasteiger partial charge in [0.2, 0.25) is 5.88 Å². The Kier molecular flexibility index (Phi) is 6.47. The van der Waals surface area contributed by atoms with Gasteiger partial charge in [0, 0.05) is 42.9 Å². The minimum Gasteiger partial charge on any atom is -0.477 e. The summed E-state index contributed by atoms with van der Waals surface area (Å²) in [5.41, 5.74) is 3.14. The Morgan fingerprint density at radius 3 is 2.77 bits per heavy atom. The summed E-state index contributed by atoms with van der Waals surface area (Å²) in [6, 6.07) is 11.1. The lowest BCUT2D eigenvalue weighted by molar-refractivity contribution is 0.0960. The zero-order chi connectivity index (χ0) is 24.2. The number of para-hydroxylation sites is 1. The standard InChI is InChI=1S/C26H25FN6O2/c1-28-26(34)24-19-4-2-3-17(25(19)31-13-20(24)27)9-10-29-22-11-21(32-15-33-22)18-7-8-23(30-12-18)35-14-16-5-6-16/h2-4,7-8,11-13,15-16H,5-6,9-10,14H2,1H3,(H,28,34)(H,29,32,33). The monoisotopic (exact) mass is 472 g/mol. The zero-order valence-electron chi connectivity index (χ0n) is 19.3.